The van der Waals surface area contributed by atoms with Crippen LogP contribution in [0.5, 0.6) is 11.5 Å². The summed E-state index contributed by atoms with van der Waals surface area (Å²) in [6, 6.07) is 13.6. The van der Waals surface area contributed by atoms with Crippen molar-refractivity contribution in [3.63, 3.8) is 0 Å². The Kier molecular flexibility index (Phi) is 4.93. The van der Waals surface area contributed by atoms with Gasteiger partial charge in [0, 0.05) is 11.3 Å². The molecule has 0 saturated carbocycles. The number of benzene rings is 2. The third-order valence-corrected chi connectivity index (χ3v) is 2.76. The van der Waals surface area contributed by atoms with Crippen LogP contribution in [0.15, 0.2) is 48.5 Å². The van der Waals surface area contributed by atoms with Crippen LogP contribution in [-0.4, -0.2) is 25.9 Å². The molecule has 2 aromatic carbocycles. The summed E-state index contributed by atoms with van der Waals surface area (Å²) in [6.07, 6.45) is 0.750. The second-order valence-corrected chi connectivity index (χ2v) is 4.25. The predicted molar refractivity (Wildman–Crippen MR) is 78.9 cm³/mol. The van der Waals surface area contributed by atoms with Crippen LogP contribution in [0.3, 0.4) is 0 Å². The van der Waals surface area contributed by atoms with Crippen molar-refractivity contribution in [3.05, 3.63) is 54.1 Å². The Morgan fingerprint density at radius 1 is 1.05 bits per heavy atom. The fourth-order valence-corrected chi connectivity index (χ4v) is 1.66. The maximum Gasteiger partial charge on any atom is 0.262 e. The summed E-state index contributed by atoms with van der Waals surface area (Å²) in [5, 5.41) is 2.71. The van der Waals surface area contributed by atoms with Gasteiger partial charge in [0.1, 0.15) is 17.8 Å². The Hall–Kier alpha value is -2.82. The van der Waals surface area contributed by atoms with Gasteiger partial charge in [-0.2, -0.15) is 0 Å². The number of nitrogens with one attached hydrogen (secondary N) is 1. The van der Waals surface area contributed by atoms with E-state index in [1.807, 2.05) is 0 Å². The van der Waals surface area contributed by atoms with E-state index in [0.29, 0.717) is 17.0 Å². The highest BCUT2D eigenvalue weighted by molar-refractivity contribution is 5.91. The fraction of sp³-hybridized carbons (Fsp3) is 0.125. The van der Waals surface area contributed by atoms with Gasteiger partial charge in [0.15, 0.2) is 6.61 Å². The van der Waals surface area contributed by atoms with Crippen molar-refractivity contribution < 1.29 is 19.1 Å². The predicted octanol–water partition coefficient (Wildman–Crippen LogP) is 2.53. The van der Waals surface area contributed by atoms with Gasteiger partial charge in [-0.15, -0.1) is 0 Å². The van der Waals surface area contributed by atoms with Gasteiger partial charge in [-0.1, -0.05) is 0 Å². The molecule has 1 N–H and O–H groups in total. The third kappa shape index (κ3) is 4.35. The van der Waals surface area contributed by atoms with Crippen LogP contribution in [0, 0.1) is 0 Å². The molecule has 108 valence electrons. The number of anilines is 1. The number of aldehydes is 1. The first kappa shape index (κ1) is 14.6. The molecule has 0 saturated heterocycles. The Balaban J connectivity index is 1.84. The lowest BCUT2D eigenvalue weighted by molar-refractivity contribution is -0.118. The largest absolute Gasteiger partial charge is 0.497 e. The molecule has 2 rings (SSSR count). The van der Waals surface area contributed by atoms with E-state index in [9.17, 15) is 9.59 Å². The second kappa shape index (κ2) is 7.09. The molecule has 0 heterocycles. The molecular weight excluding hydrogens is 270 g/mol. The van der Waals surface area contributed by atoms with E-state index < -0.39 is 0 Å². The zero-order chi connectivity index (χ0) is 15.1. The van der Waals surface area contributed by atoms with Crippen LogP contribution in [-0.2, 0) is 4.79 Å². The molecule has 21 heavy (non-hydrogen) atoms. The molecule has 0 aliphatic heterocycles. The van der Waals surface area contributed by atoms with Crippen molar-refractivity contribution in [3.8, 4) is 11.5 Å². The molecule has 0 unspecified atom stereocenters. The lowest BCUT2D eigenvalue weighted by Crippen LogP contribution is -2.20. The molecule has 0 aliphatic carbocycles. The number of ether oxygens (including phenoxy) is 2. The maximum atomic E-state index is 11.7. The van der Waals surface area contributed by atoms with E-state index in [2.05, 4.69) is 5.32 Å². The molecule has 0 aliphatic rings. The van der Waals surface area contributed by atoms with E-state index in [-0.39, 0.29) is 12.5 Å². The van der Waals surface area contributed by atoms with Crippen molar-refractivity contribution >= 4 is 17.9 Å². The lowest BCUT2D eigenvalue weighted by atomic mass is 10.2. The molecule has 0 radical (unpaired) electrons. The van der Waals surface area contributed by atoms with E-state index in [0.717, 1.165) is 12.0 Å². The highest BCUT2D eigenvalue weighted by Crippen LogP contribution is 2.15. The zero-order valence-electron chi connectivity index (χ0n) is 11.5. The fourth-order valence-electron chi connectivity index (χ4n) is 1.66. The van der Waals surface area contributed by atoms with Crippen molar-refractivity contribution in [1.82, 2.24) is 0 Å². The summed E-state index contributed by atoms with van der Waals surface area (Å²) in [5.74, 6) is 0.990. The Morgan fingerprint density at radius 3 is 2.24 bits per heavy atom. The van der Waals surface area contributed by atoms with Crippen LogP contribution < -0.4 is 14.8 Å². The van der Waals surface area contributed by atoms with Crippen LogP contribution in [0.1, 0.15) is 10.4 Å². The molecule has 0 aromatic heterocycles. The van der Waals surface area contributed by atoms with E-state index >= 15 is 0 Å². The van der Waals surface area contributed by atoms with Gasteiger partial charge in [-0.25, -0.2) is 0 Å². The minimum atomic E-state index is -0.264. The summed E-state index contributed by atoms with van der Waals surface area (Å²) in [6.45, 7) is -0.105. The van der Waals surface area contributed by atoms with Gasteiger partial charge >= 0.3 is 0 Å². The van der Waals surface area contributed by atoms with Crippen molar-refractivity contribution in [2.45, 2.75) is 0 Å². The number of hydrogen-bond donors (Lipinski definition) is 1. The van der Waals surface area contributed by atoms with E-state index in [1.165, 1.54) is 0 Å². The van der Waals surface area contributed by atoms with Crippen LogP contribution in [0.2, 0.25) is 0 Å². The molecule has 0 atom stereocenters. The standard InChI is InChI=1S/C16H15NO4/c1-20-14-8-4-13(5-9-14)17-16(19)11-21-15-6-2-12(10-18)3-7-15/h2-10H,11H2,1H3,(H,17,19). The zero-order valence-corrected chi connectivity index (χ0v) is 11.5. The topological polar surface area (TPSA) is 64.6 Å². The maximum absolute atomic E-state index is 11.7. The SMILES string of the molecule is COc1ccc(NC(=O)COc2ccc(C=O)cc2)cc1. The van der Waals surface area contributed by atoms with Gasteiger partial charge in [0.05, 0.1) is 7.11 Å². The lowest BCUT2D eigenvalue weighted by Gasteiger charge is -2.08. The van der Waals surface area contributed by atoms with Crippen molar-refractivity contribution in [1.29, 1.82) is 0 Å². The number of amides is 1. The highest BCUT2D eigenvalue weighted by atomic mass is 16.5. The molecule has 0 bridgehead atoms. The highest BCUT2D eigenvalue weighted by Gasteiger charge is 2.04. The number of methoxy groups -OCH3 is 1. The van der Waals surface area contributed by atoms with Gasteiger partial charge in [0.2, 0.25) is 0 Å². The van der Waals surface area contributed by atoms with Crippen LogP contribution in [0.25, 0.3) is 0 Å². The molecule has 2 aromatic rings. The Morgan fingerprint density at radius 2 is 1.67 bits per heavy atom. The minimum absolute atomic E-state index is 0.105. The minimum Gasteiger partial charge on any atom is -0.497 e. The number of hydrogen-bond acceptors (Lipinski definition) is 4. The molecule has 0 spiro atoms. The number of rotatable bonds is 6. The number of carbonyl (C=O) groups excluding carboxylic acids is 2. The first-order chi connectivity index (χ1) is 10.2. The van der Waals surface area contributed by atoms with Crippen LogP contribution in [0.4, 0.5) is 5.69 Å². The molecule has 1 amide bonds. The third-order valence-electron chi connectivity index (χ3n) is 2.76. The van der Waals surface area contributed by atoms with E-state index in [4.69, 9.17) is 9.47 Å². The second-order valence-electron chi connectivity index (χ2n) is 4.25. The first-order valence-electron chi connectivity index (χ1n) is 6.33. The average molecular weight is 285 g/mol. The molecule has 5 nitrogen and oxygen atoms in total. The monoisotopic (exact) mass is 285 g/mol. The summed E-state index contributed by atoms with van der Waals surface area (Å²) in [4.78, 5) is 22.3. The van der Waals surface area contributed by atoms with Crippen molar-refractivity contribution in [2.75, 3.05) is 19.0 Å². The molecule has 5 heteroatoms. The summed E-state index contributed by atoms with van der Waals surface area (Å²) in [5.41, 5.74) is 1.23. The summed E-state index contributed by atoms with van der Waals surface area (Å²) < 4.78 is 10.4. The van der Waals surface area contributed by atoms with E-state index in [1.54, 1.807) is 55.6 Å². The van der Waals surface area contributed by atoms with Gasteiger partial charge < -0.3 is 14.8 Å². The van der Waals surface area contributed by atoms with Gasteiger partial charge in [-0.05, 0) is 48.5 Å². The summed E-state index contributed by atoms with van der Waals surface area (Å²) >= 11 is 0. The van der Waals surface area contributed by atoms with Crippen LogP contribution >= 0.6 is 0 Å². The molecular formula is C16H15NO4. The first-order valence-corrected chi connectivity index (χ1v) is 6.33. The normalized spacial score (nSPS) is 9.76. The summed E-state index contributed by atoms with van der Waals surface area (Å²) in [7, 11) is 1.58. The Labute approximate surface area is 122 Å². The Bertz CT molecular complexity index is 605. The molecule has 0 fully saturated rings. The number of carbonyl (C=O) groups is 2. The van der Waals surface area contributed by atoms with Gasteiger partial charge in [-0.3, -0.25) is 9.59 Å². The average Bonchev–Trinajstić information content (AvgIpc) is 2.54. The quantitative estimate of drug-likeness (QED) is 0.828. The smallest absolute Gasteiger partial charge is 0.262 e. The van der Waals surface area contributed by atoms with Gasteiger partial charge in [0.25, 0.3) is 5.91 Å². The van der Waals surface area contributed by atoms with Crippen molar-refractivity contribution in [2.24, 2.45) is 0 Å².